The van der Waals surface area contributed by atoms with Crippen molar-refractivity contribution < 1.29 is 14.9 Å². The van der Waals surface area contributed by atoms with E-state index in [1.165, 1.54) is 0 Å². The fourth-order valence-electron chi connectivity index (χ4n) is 1.82. The molecule has 2 atom stereocenters. The van der Waals surface area contributed by atoms with E-state index >= 15 is 0 Å². The summed E-state index contributed by atoms with van der Waals surface area (Å²) < 4.78 is 6.44. The first-order chi connectivity index (χ1) is 9.52. The lowest BCUT2D eigenvalue weighted by molar-refractivity contribution is 0.0981. The molecule has 20 heavy (non-hydrogen) atoms. The Balaban J connectivity index is 2.24. The summed E-state index contributed by atoms with van der Waals surface area (Å²) in [6, 6.07) is 5.82. The molecule has 0 aromatic heterocycles. The van der Waals surface area contributed by atoms with Gasteiger partial charge >= 0.3 is 0 Å². The minimum absolute atomic E-state index is 0.221. The molecule has 2 unspecified atom stereocenters. The smallest absolute Gasteiger partial charge is 0.133 e. The van der Waals surface area contributed by atoms with E-state index < -0.39 is 6.10 Å². The molecule has 1 aromatic rings. The third-order valence-electron chi connectivity index (χ3n) is 2.90. The Hall–Kier alpha value is -0.620. The number of halogens is 1. The summed E-state index contributed by atoms with van der Waals surface area (Å²) in [6.45, 7) is 5.17. The molecule has 0 radical (unpaired) electrons. The quantitative estimate of drug-likeness (QED) is 0.642. The van der Waals surface area contributed by atoms with Crippen molar-refractivity contribution in [2.24, 2.45) is 0 Å². The molecule has 1 rings (SSSR count). The summed E-state index contributed by atoms with van der Waals surface area (Å²) in [5, 5.41) is 22.4. The Morgan fingerprint density at radius 2 is 1.95 bits per heavy atom. The predicted molar refractivity (Wildman–Crippen MR) is 84.2 cm³/mol. The lowest BCUT2D eigenvalue weighted by Gasteiger charge is -2.16. The number of nitrogens with one attached hydrogen (secondary N) is 1. The topological polar surface area (TPSA) is 61.7 Å². The monoisotopic (exact) mass is 345 g/mol. The fraction of sp³-hybridized carbons (Fsp3) is 0.600. The van der Waals surface area contributed by atoms with E-state index in [1.54, 1.807) is 0 Å². The van der Waals surface area contributed by atoms with E-state index in [4.69, 9.17) is 4.74 Å². The number of aryl methyl sites for hydroxylation is 1. The van der Waals surface area contributed by atoms with E-state index in [9.17, 15) is 10.2 Å². The summed E-state index contributed by atoms with van der Waals surface area (Å²) >= 11 is 3.43. The van der Waals surface area contributed by atoms with Crippen LogP contribution in [0.3, 0.4) is 0 Å². The summed E-state index contributed by atoms with van der Waals surface area (Å²) in [7, 11) is 0. The number of benzene rings is 1. The standard InChI is InChI=1S/C15H24BrNO3/c1-3-4-12(18)8-17-9-13(19)10-20-15-6-5-11(2)7-14(15)16/h5-7,12-13,17-19H,3-4,8-10H2,1-2H3. The van der Waals surface area contributed by atoms with Crippen molar-refractivity contribution >= 4 is 15.9 Å². The van der Waals surface area contributed by atoms with Crippen molar-refractivity contribution in [1.29, 1.82) is 0 Å². The van der Waals surface area contributed by atoms with E-state index in [2.05, 4.69) is 21.2 Å². The van der Waals surface area contributed by atoms with Gasteiger partial charge in [-0.05, 0) is 47.0 Å². The van der Waals surface area contributed by atoms with Crippen LogP contribution in [0.4, 0.5) is 0 Å². The molecule has 0 heterocycles. The van der Waals surface area contributed by atoms with Crippen LogP contribution >= 0.6 is 15.9 Å². The van der Waals surface area contributed by atoms with Gasteiger partial charge in [-0.15, -0.1) is 0 Å². The van der Waals surface area contributed by atoms with Gasteiger partial charge in [0.05, 0.1) is 10.6 Å². The zero-order chi connectivity index (χ0) is 15.0. The molecular formula is C15H24BrNO3. The first kappa shape index (κ1) is 17.4. The first-order valence-electron chi connectivity index (χ1n) is 6.98. The largest absolute Gasteiger partial charge is 0.490 e. The van der Waals surface area contributed by atoms with Crippen molar-refractivity contribution in [3.05, 3.63) is 28.2 Å². The van der Waals surface area contributed by atoms with Crippen LogP contribution < -0.4 is 10.1 Å². The van der Waals surface area contributed by atoms with Crippen LogP contribution in [0.1, 0.15) is 25.3 Å². The molecule has 4 nitrogen and oxygen atoms in total. The minimum Gasteiger partial charge on any atom is -0.490 e. The van der Waals surface area contributed by atoms with Gasteiger partial charge in [-0.1, -0.05) is 19.4 Å². The molecule has 0 aliphatic rings. The number of hydrogen-bond donors (Lipinski definition) is 3. The van der Waals surface area contributed by atoms with Crippen molar-refractivity contribution in [2.45, 2.75) is 38.9 Å². The number of aliphatic hydroxyl groups is 2. The number of aliphatic hydroxyl groups excluding tert-OH is 2. The summed E-state index contributed by atoms with van der Waals surface area (Å²) in [4.78, 5) is 0. The van der Waals surface area contributed by atoms with Crippen LogP contribution in [0.2, 0.25) is 0 Å². The highest BCUT2D eigenvalue weighted by Gasteiger charge is 2.08. The van der Waals surface area contributed by atoms with Gasteiger partial charge in [0, 0.05) is 13.1 Å². The predicted octanol–water partition coefficient (Wildman–Crippen LogP) is 2.25. The van der Waals surface area contributed by atoms with Gasteiger partial charge in [-0.25, -0.2) is 0 Å². The maximum atomic E-state index is 9.81. The van der Waals surface area contributed by atoms with Crippen molar-refractivity contribution in [1.82, 2.24) is 5.32 Å². The highest BCUT2D eigenvalue weighted by atomic mass is 79.9. The molecule has 0 saturated heterocycles. The highest BCUT2D eigenvalue weighted by Crippen LogP contribution is 2.25. The van der Waals surface area contributed by atoms with E-state index in [1.807, 2.05) is 32.0 Å². The summed E-state index contributed by atoms with van der Waals surface area (Å²) in [5.74, 6) is 0.723. The molecule has 0 aliphatic carbocycles. The van der Waals surface area contributed by atoms with Crippen LogP contribution in [0.25, 0.3) is 0 Å². The van der Waals surface area contributed by atoms with E-state index in [0.29, 0.717) is 13.1 Å². The van der Waals surface area contributed by atoms with Gasteiger partial charge in [0.2, 0.25) is 0 Å². The second-order valence-electron chi connectivity index (χ2n) is 5.00. The van der Waals surface area contributed by atoms with Crippen molar-refractivity contribution in [3.8, 4) is 5.75 Å². The highest BCUT2D eigenvalue weighted by molar-refractivity contribution is 9.10. The van der Waals surface area contributed by atoms with Gasteiger partial charge in [-0.2, -0.15) is 0 Å². The first-order valence-corrected chi connectivity index (χ1v) is 7.78. The third-order valence-corrected chi connectivity index (χ3v) is 3.52. The Kier molecular flexibility index (Phi) is 8.14. The molecule has 3 N–H and O–H groups in total. The molecule has 5 heteroatoms. The maximum absolute atomic E-state index is 9.81. The van der Waals surface area contributed by atoms with Gasteiger partial charge in [0.25, 0.3) is 0 Å². The Morgan fingerprint density at radius 1 is 1.25 bits per heavy atom. The van der Waals surface area contributed by atoms with Gasteiger partial charge < -0.3 is 20.3 Å². The van der Waals surface area contributed by atoms with Crippen molar-refractivity contribution in [2.75, 3.05) is 19.7 Å². The molecule has 0 spiro atoms. The number of rotatable bonds is 9. The number of hydrogen-bond acceptors (Lipinski definition) is 4. The van der Waals surface area contributed by atoms with Gasteiger partial charge in [0.15, 0.2) is 0 Å². The molecule has 0 aliphatic heterocycles. The van der Waals surface area contributed by atoms with E-state index in [-0.39, 0.29) is 12.7 Å². The van der Waals surface area contributed by atoms with Gasteiger partial charge in [-0.3, -0.25) is 0 Å². The molecular weight excluding hydrogens is 322 g/mol. The van der Waals surface area contributed by atoms with Crippen LogP contribution in [-0.2, 0) is 0 Å². The molecule has 0 bridgehead atoms. The zero-order valence-corrected chi connectivity index (χ0v) is 13.7. The molecule has 1 aromatic carbocycles. The van der Waals surface area contributed by atoms with E-state index in [0.717, 1.165) is 28.6 Å². The molecule has 0 amide bonds. The van der Waals surface area contributed by atoms with Crippen LogP contribution in [0.15, 0.2) is 22.7 Å². The summed E-state index contributed by atoms with van der Waals surface area (Å²) in [5.41, 5.74) is 1.15. The van der Waals surface area contributed by atoms with Crippen LogP contribution in [0.5, 0.6) is 5.75 Å². The lowest BCUT2D eigenvalue weighted by atomic mass is 10.2. The Morgan fingerprint density at radius 3 is 2.60 bits per heavy atom. The van der Waals surface area contributed by atoms with Gasteiger partial charge in [0.1, 0.15) is 18.5 Å². The minimum atomic E-state index is -0.600. The Bertz CT molecular complexity index is 401. The average molecular weight is 346 g/mol. The zero-order valence-electron chi connectivity index (χ0n) is 12.1. The maximum Gasteiger partial charge on any atom is 0.133 e. The second-order valence-corrected chi connectivity index (χ2v) is 5.85. The fourth-order valence-corrected chi connectivity index (χ4v) is 2.43. The van der Waals surface area contributed by atoms with Crippen LogP contribution in [0, 0.1) is 6.92 Å². The molecule has 0 fully saturated rings. The normalized spacial score (nSPS) is 14.1. The average Bonchev–Trinajstić information content (AvgIpc) is 2.38. The SMILES string of the molecule is CCCC(O)CNCC(O)COc1ccc(C)cc1Br. The molecule has 0 saturated carbocycles. The number of ether oxygens (including phenoxy) is 1. The lowest BCUT2D eigenvalue weighted by Crippen LogP contribution is -2.35. The van der Waals surface area contributed by atoms with Crippen LogP contribution in [-0.4, -0.2) is 42.1 Å². The molecule has 114 valence electrons. The summed E-state index contributed by atoms with van der Waals surface area (Å²) in [6.07, 6.45) is 0.780. The second kappa shape index (κ2) is 9.34. The van der Waals surface area contributed by atoms with Crippen molar-refractivity contribution in [3.63, 3.8) is 0 Å². The third kappa shape index (κ3) is 6.70. The Labute approximate surface area is 129 Å².